The smallest absolute Gasteiger partial charge is 0.358 e. The van der Waals surface area contributed by atoms with E-state index in [4.69, 9.17) is 0 Å². The first-order valence-electron chi connectivity index (χ1n) is 10.7. The molecule has 1 heterocycles. The number of benzene rings is 2. The van der Waals surface area contributed by atoms with Crippen LogP contribution in [0.25, 0.3) is 0 Å². The van der Waals surface area contributed by atoms with Crippen LogP contribution in [0.15, 0.2) is 54.7 Å². The van der Waals surface area contributed by atoms with Gasteiger partial charge in [0.15, 0.2) is 0 Å². The fraction of sp³-hybridized carbons (Fsp3) is 0.280. The van der Waals surface area contributed by atoms with E-state index in [1.165, 1.54) is 25.2 Å². The number of carbonyl (C=O) groups is 1. The van der Waals surface area contributed by atoms with Crippen LogP contribution in [-0.2, 0) is 17.4 Å². The molecule has 2 unspecified atom stereocenters. The third kappa shape index (κ3) is 6.82. The third-order valence-corrected chi connectivity index (χ3v) is 5.52. The lowest BCUT2D eigenvalue weighted by atomic mass is 9.95. The molecule has 0 aliphatic carbocycles. The molecule has 0 bridgehead atoms. The number of amides is 1. The highest BCUT2D eigenvalue weighted by Crippen LogP contribution is 2.29. The van der Waals surface area contributed by atoms with Crippen molar-refractivity contribution in [3.05, 3.63) is 100 Å². The van der Waals surface area contributed by atoms with Crippen molar-refractivity contribution >= 4 is 5.91 Å². The molecule has 4 nitrogen and oxygen atoms in total. The molecule has 0 fully saturated rings. The van der Waals surface area contributed by atoms with E-state index in [1.807, 2.05) is 0 Å². The Hall–Kier alpha value is -3.40. The monoisotopic (exact) mass is 495 g/mol. The van der Waals surface area contributed by atoms with Crippen LogP contribution >= 0.6 is 0 Å². The molecule has 35 heavy (non-hydrogen) atoms. The molecule has 2 aromatic carbocycles. The Bertz CT molecular complexity index is 1160. The van der Waals surface area contributed by atoms with Crippen molar-refractivity contribution in [2.24, 2.45) is 0 Å². The molecular weight excluding hydrogens is 472 g/mol. The van der Waals surface area contributed by atoms with Gasteiger partial charge in [0.05, 0.1) is 0 Å². The first kappa shape index (κ1) is 26.2. The minimum atomic E-state index is -4.56. The topological polar surface area (TPSA) is 54.0 Å². The zero-order chi connectivity index (χ0) is 25.8. The Balaban J connectivity index is 1.92. The fourth-order valence-corrected chi connectivity index (χ4v) is 3.69. The number of hydrogen-bond donors (Lipinski definition) is 2. The number of likely N-dealkylation sites (N-methyl/N-ethyl adjacent to an activating group) is 1. The maximum absolute atomic E-state index is 13.9. The number of nitrogens with one attached hydrogen (secondary N) is 2. The van der Waals surface area contributed by atoms with Crippen LogP contribution in [0.5, 0.6) is 0 Å². The molecule has 0 aliphatic rings. The van der Waals surface area contributed by atoms with Gasteiger partial charge in [0.2, 0.25) is 5.91 Å². The number of nitrogens with zero attached hydrogens (tertiary/aromatic N) is 1. The summed E-state index contributed by atoms with van der Waals surface area (Å²) >= 11 is 0. The summed E-state index contributed by atoms with van der Waals surface area (Å²) < 4.78 is 80.0. The van der Waals surface area contributed by atoms with Crippen LogP contribution in [0.3, 0.4) is 0 Å². The number of aromatic nitrogens is 1. The summed E-state index contributed by atoms with van der Waals surface area (Å²) in [6.45, 7) is 1.56. The lowest BCUT2D eigenvalue weighted by Gasteiger charge is -2.26. The Morgan fingerprint density at radius 2 is 1.66 bits per heavy atom. The molecule has 3 rings (SSSR count). The van der Waals surface area contributed by atoms with Gasteiger partial charge < -0.3 is 5.32 Å². The molecule has 3 aromatic rings. The molecule has 0 radical (unpaired) electrons. The summed E-state index contributed by atoms with van der Waals surface area (Å²) in [5.41, 5.74) is 0.477. The number of halogens is 6. The summed E-state index contributed by atoms with van der Waals surface area (Å²) in [7, 11) is 1.37. The van der Waals surface area contributed by atoms with E-state index in [0.29, 0.717) is 22.8 Å². The number of rotatable bonds is 8. The van der Waals surface area contributed by atoms with E-state index in [0.717, 1.165) is 24.4 Å². The predicted octanol–water partition coefficient (Wildman–Crippen LogP) is 5.58. The van der Waals surface area contributed by atoms with Crippen molar-refractivity contribution in [3.63, 3.8) is 0 Å². The predicted molar refractivity (Wildman–Crippen MR) is 118 cm³/mol. The average Bonchev–Trinajstić information content (AvgIpc) is 2.79. The number of pyridine rings is 1. The summed E-state index contributed by atoms with van der Waals surface area (Å²) in [5, 5.41) is 5.53. The van der Waals surface area contributed by atoms with Crippen molar-refractivity contribution in [2.45, 2.75) is 38.0 Å². The number of hydrogen-bond acceptors (Lipinski definition) is 3. The number of aryl methyl sites for hydroxylation is 2. The van der Waals surface area contributed by atoms with Gasteiger partial charge >= 0.3 is 6.18 Å². The van der Waals surface area contributed by atoms with Gasteiger partial charge in [-0.1, -0.05) is 18.2 Å². The van der Waals surface area contributed by atoms with Gasteiger partial charge in [-0.15, -0.1) is 0 Å². The van der Waals surface area contributed by atoms with Crippen molar-refractivity contribution in [1.82, 2.24) is 15.6 Å². The van der Waals surface area contributed by atoms with E-state index >= 15 is 0 Å². The SMILES string of the molecule is CNC(=O)C(NC(CCc1ccc(C(F)(F)F)nc1)c1ccc(F)c(C)c1)c1cc(F)cc(F)c1. The molecule has 1 aromatic heterocycles. The number of alkyl halides is 3. The zero-order valence-corrected chi connectivity index (χ0v) is 18.9. The Morgan fingerprint density at radius 3 is 2.20 bits per heavy atom. The zero-order valence-electron chi connectivity index (χ0n) is 18.9. The van der Waals surface area contributed by atoms with Gasteiger partial charge in [-0.2, -0.15) is 13.2 Å². The van der Waals surface area contributed by atoms with Crippen LogP contribution in [0.1, 0.15) is 46.5 Å². The molecule has 2 atom stereocenters. The summed E-state index contributed by atoms with van der Waals surface area (Å²) in [5.74, 6) is -2.72. The molecule has 0 saturated carbocycles. The van der Waals surface area contributed by atoms with Crippen LogP contribution in [-0.4, -0.2) is 17.9 Å². The second kappa shape index (κ2) is 10.9. The molecule has 0 aliphatic heterocycles. The quantitative estimate of drug-likeness (QED) is 0.402. The molecule has 10 heteroatoms. The molecular formula is C25H23F6N3O. The van der Waals surface area contributed by atoms with Gasteiger partial charge in [-0.25, -0.2) is 13.2 Å². The van der Waals surface area contributed by atoms with Gasteiger partial charge in [-0.05, 0) is 66.3 Å². The van der Waals surface area contributed by atoms with Crippen LogP contribution in [0, 0.1) is 24.4 Å². The largest absolute Gasteiger partial charge is 0.433 e. The molecule has 0 saturated heterocycles. The minimum Gasteiger partial charge on any atom is -0.358 e. The fourth-order valence-electron chi connectivity index (χ4n) is 3.69. The van der Waals surface area contributed by atoms with Crippen molar-refractivity contribution < 1.29 is 31.1 Å². The van der Waals surface area contributed by atoms with E-state index in [-0.39, 0.29) is 18.4 Å². The molecule has 2 N–H and O–H groups in total. The Kier molecular flexibility index (Phi) is 8.16. The van der Waals surface area contributed by atoms with E-state index in [9.17, 15) is 31.1 Å². The normalized spacial score (nSPS) is 13.4. The third-order valence-electron chi connectivity index (χ3n) is 5.52. The molecule has 0 spiro atoms. The molecule has 186 valence electrons. The lowest BCUT2D eigenvalue weighted by Crippen LogP contribution is -2.38. The van der Waals surface area contributed by atoms with E-state index in [1.54, 1.807) is 13.0 Å². The van der Waals surface area contributed by atoms with Crippen molar-refractivity contribution in [1.29, 1.82) is 0 Å². The van der Waals surface area contributed by atoms with Gasteiger partial charge in [-0.3, -0.25) is 15.1 Å². The summed E-state index contributed by atoms with van der Waals surface area (Å²) in [4.78, 5) is 16.1. The number of carbonyl (C=O) groups excluding carboxylic acids is 1. The van der Waals surface area contributed by atoms with E-state index in [2.05, 4.69) is 15.6 Å². The first-order valence-corrected chi connectivity index (χ1v) is 10.7. The highest BCUT2D eigenvalue weighted by molar-refractivity contribution is 5.83. The van der Waals surface area contributed by atoms with Crippen LogP contribution < -0.4 is 10.6 Å². The Labute approximate surface area is 198 Å². The highest BCUT2D eigenvalue weighted by Gasteiger charge is 2.32. The van der Waals surface area contributed by atoms with Crippen molar-refractivity contribution in [3.8, 4) is 0 Å². The molecule has 1 amide bonds. The Morgan fingerprint density at radius 1 is 0.971 bits per heavy atom. The standard InChI is InChI=1S/C25H23F6N3O/c1-14-9-16(5-6-20(14)28)21(7-3-15-4-8-22(33-13-15)25(29,30)31)34-23(24(35)32-2)17-10-18(26)12-19(27)11-17/h4-6,8-13,21,23,34H,3,7H2,1-2H3,(H,32,35). The first-order chi connectivity index (χ1) is 16.5. The van der Waals surface area contributed by atoms with Gasteiger partial charge in [0.25, 0.3) is 0 Å². The van der Waals surface area contributed by atoms with Gasteiger partial charge in [0, 0.05) is 25.4 Å². The maximum Gasteiger partial charge on any atom is 0.433 e. The summed E-state index contributed by atoms with van der Waals surface area (Å²) in [6.07, 6.45) is -2.91. The minimum absolute atomic E-state index is 0.0434. The second-order valence-corrected chi connectivity index (χ2v) is 8.07. The highest BCUT2D eigenvalue weighted by atomic mass is 19.4. The second-order valence-electron chi connectivity index (χ2n) is 8.07. The summed E-state index contributed by atoms with van der Waals surface area (Å²) in [6, 6.07) is 7.49. The van der Waals surface area contributed by atoms with Crippen LogP contribution in [0.2, 0.25) is 0 Å². The van der Waals surface area contributed by atoms with Gasteiger partial charge in [0.1, 0.15) is 29.2 Å². The maximum atomic E-state index is 13.9. The lowest BCUT2D eigenvalue weighted by molar-refractivity contribution is -0.141. The van der Waals surface area contributed by atoms with E-state index < -0.39 is 47.3 Å². The van der Waals surface area contributed by atoms with Crippen molar-refractivity contribution in [2.75, 3.05) is 7.05 Å². The van der Waals surface area contributed by atoms with Crippen LogP contribution in [0.4, 0.5) is 26.3 Å². The average molecular weight is 495 g/mol.